The molecule has 0 spiro atoms. The summed E-state index contributed by atoms with van der Waals surface area (Å²) in [6.07, 6.45) is 4.18. The lowest BCUT2D eigenvalue weighted by molar-refractivity contribution is 0.837. The van der Waals surface area contributed by atoms with E-state index in [9.17, 15) is 0 Å². The fraction of sp³-hybridized carbons (Fsp3) is 0.636. The molecular weight excluding hydrogens is 192 g/mol. The van der Waals surface area contributed by atoms with Gasteiger partial charge in [-0.2, -0.15) is 5.26 Å². The van der Waals surface area contributed by atoms with Crippen molar-refractivity contribution in [1.82, 2.24) is 4.98 Å². The number of hydrogen-bond acceptors (Lipinski definition) is 3. The summed E-state index contributed by atoms with van der Waals surface area (Å²) in [6.45, 7) is 4.27. The molecule has 74 valence electrons. The van der Waals surface area contributed by atoms with Crippen LogP contribution in [0.5, 0.6) is 0 Å². The van der Waals surface area contributed by atoms with Crippen LogP contribution in [-0.4, -0.2) is 4.98 Å². The molecule has 1 heterocycles. The van der Waals surface area contributed by atoms with Crippen LogP contribution in [0.4, 0.5) is 0 Å². The van der Waals surface area contributed by atoms with Crippen LogP contribution in [0, 0.1) is 18.3 Å². The zero-order valence-electron chi connectivity index (χ0n) is 8.63. The molecule has 2 nitrogen and oxygen atoms in total. The fourth-order valence-corrected chi connectivity index (χ4v) is 2.76. The Morgan fingerprint density at radius 3 is 2.79 bits per heavy atom. The Hall–Kier alpha value is -0.880. The van der Waals surface area contributed by atoms with E-state index in [1.54, 1.807) is 11.3 Å². The first-order valence-electron chi connectivity index (χ1n) is 5.10. The van der Waals surface area contributed by atoms with Crippen molar-refractivity contribution in [2.24, 2.45) is 0 Å². The molecule has 1 aromatic rings. The smallest absolute Gasteiger partial charge is 0.113 e. The molecule has 0 radical (unpaired) electrons. The van der Waals surface area contributed by atoms with Crippen molar-refractivity contribution in [3.8, 4) is 6.07 Å². The van der Waals surface area contributed by atoms with Gasteiger partial charge in [-0.15, -0.1) is 11.3 Å². The minimum atomic E-state index is -0.193. The predicted octanol–water partition coefficient (Wildman–Crippen LogP) is 2.96. The van der Waals surface area contributed by atoms with Gasteiger partial charge < -0.3 is 0 Å². The second-order valence-electron chi connectivity index (χ2n) is 3.97. The number of nitrogens with zero attached hydrogens (tertiary/aromatic N) is 2. The van der Waals surface area contributed by atoms with Crippen molar-refractivity contribution in [2.45, 2.75) is 44.9 Å². The lowest BCUT2D eigenvalue weighted by Gasteiger charge is -1.97. The molecule has 0 bridgehead atoms. The third-order valence-corrected chi connectivity index (χ3v) is 3.97. The van der Waals surface area contributed by atoms with Crippen LogP contribution < -0.4 is 0 Å². The highest BCUT2D eigenvalue weighted by Crippen LogP contribution is 2.49. The predicted molar refractivity (Wildman–Crippen MR) is 57.4 cm³/mol. The van der Waals surface area contributed by atoms with Gasteiger partial charge in [-0.3, -0.25) is 0 Å². The second-order valence-corrected chi connectivity index (χ2v) is 5.17. The Labute approximate surface area is 88.6 Å². The van der Waals surface area contributed by atoms with E-state index in [-0.39, 0.29) is 5.41 Å². The maximum Gasteiger partial charge on any atom is 0.113 e. The van der Waals surface area contributed by atoms with Gasteiger partial charge in [0.05, 0.1) is 11.8 Å². The van der Waals surface area contributed by atoms with Crippen molar-refractivity contribution in [3.63, 3.8) is 0 Å². The van der Waals surface area contributed by atoms with Crippen molar-refractivity contribution < 1.29 is 0 Å². The van der Waals surface area contributed by atoms with E-state index in [0.29, 0.717) is 0 Å². The van der Waals surface area contributed by atoms with Crippen LogP contribution in [0.25, 0.3) is 0 Å². The molecule has 0 aromatic carbocycles. The Morgan fingerprint density at radius 2 is 2.29 bits per heavy atom. The largest absolute Gasteiger partial charge is 0.244 e. The molecule has 1 saturated carbocycles. The number of thiazole rings is 1. The maximum absolute atomic E-state index is 9.06. The van der Waals surface area contributed by atoms with E-state index in [1.165, 1.54) is 10.6 Å². The zero-order valence-corrected chi connectivity index (χ0v) is 9.45. The highest BCUT2D eigenvalue weighted by Gasteiger charge is 2.47. The third kappa shape index (κ3) is 1.44. The average molecular weight is 206 g/mol. The Morgan fingerprint density at radius 1 is 1.57 bits per heavy atom. The number of rotatable bonds is 3. The van der Waals surface area contributed by atoms with Crippen LogP contribution >= 0.6 is 11.3 Å². The summed E-state index contributed by atoms with van der Waals surface area (Å²) in [7, 11) is 0. The quantitative estimate of drug-likeness (QED) is 0.762. The Balaban J connectivity index is 2.29. The molecule has 0 amide bonds. The minimum Gasteiger partial charge on any atom is -0.244 e. The molecule has 0 atom stereocenters. The number of aryl methyl sites for hydroxylation is 2. The van der Waals surface area contributed by atoms with E-state index in [1.807, 2.05) is 0 Å². The van der Waals surface area contributed by atoms with Crippen LogP contribution in [0.15, 0.2) is 0 Å². The standard InChI is InChI=1S/C11H14N2S/c1-3-4-9-8(2)14-10(13-9)11(7-12)5-6-11/h3-6H2,1-2H3. The van der Waals surface area contributed by atoms with E-state index in [0.717, 1.165) is 30.7 Å². The van der Waals surface area contributed by atoms with Gasteiger partial charge >= 0.3 is 0 Å². The third-order valence-electron chi connectivity index (χ3n) is 2.75. The topological polar surface area (TPSA) is 36.7 Å². The van der Waals surface area contributed by atoms with E-state index in [4.69, 9.17) is 5.26 Å². The van der Waals surface area contributed by atoms with Gasteiger partial charge in [0.2, 0.25) is 0 Å². The highest BCUT2D eigenvalue weighted by atomic mass is 32.1. The van der Waals surface area contributed by atoms with E-state index >= 15 is 0 Å². The molecule has 0 saturated heterocycles. The molecule has 14 heavy (non-hydrogen) atoms. The van der Waals surface area contributed by atoms with Gasteiger partial charge in [-0.1, -0.05) is 13.3 Å². The van der Waals surface area contributed by atoms with Crippen LogP contribution in [-0.2, 0) is 11.8 Å². The molecule has 3 heteroatoms. The molecule has 1 fully saturated rings. The van der Waals surface area contributed by atoms with Gasteiger partial charge in [-0.05, 0) is 26.2 Å². The normalized spacial score (nSPS) is 17.8. The molecule has 0 unspecified atom stereocenters. The molecule has 0 N–H and O–H groups in total. The summed E-state index contributed by atoms with van der Waals surface area (Å²) in [5, 5.41) is 10.1. The molecule has 0 aliphatic heterocycles. The van der Waals surface area contributed by atoms with E-state index < -0.39 is 0 Å². The minimum absolute atomic E-state index is 0.193. The second kappa shape index (κ2) is 3.36. The van der Waals surface area contributed by atoms with Crippen LogP contribution in [0.3, 0.4) is 0 Å². The van der Waals surface area contributed by atoms with Crippen molar-refractivity contribution >= 4 is 11.3 Å². The number of hydrogen-bond donors (Lipinski definition) is 0. The van der Waals surface area contributed by atoms with Crippen LogP contribution in [0.2, 0.25) is 0 Å². The average Bonchev–Trinajstić information content (AvgIpc) is 2.89. The highest BCUT2D eigenvalue weighted by molar-refractivity contribution is 7.11. The molecule has 1 aromatic heterocycles. The van der Waals surface area contributed by atoms with Gasteiger partial charge in [0.25, 0.3) is 0 Å². The summed E-state index contributed by atoms with van der Waals surface area (Å²) in [6, 6.07) is 2.40. The summed E-state index contributed by atoms with van der Waals surface area (Å²) >= 11 is 1.71. The number of nitriles is 1. The fourth-order valence-electron chi connectivity index (χ4n) is 1.60. The molecule has 1 aliphatic carbocycles. The Kier molecular flexibility index (Phi) is 2.32. The molecule has 1 aliphatic rings. The zero-order chi connectivity index (χ0) is 10.2. The Bertz CT molecular complexity index is 382. The first kappa shape index (κ1) is 9.67. The first-order valence-corrected chi connectivity index (χ1v) is 5.91. The summed E-state index contributed by atoms with van der Waals surface area (Å²) in [5.74, 6) is 0. The number of aromatic nitrogens is 1. The lowest BCUT2D eigenvalue weighted by atomic mass is 10.1. The molecule has 2 rings (SSSR count). The maximum atomic E-state index is 9.06. The van der Waals surface area contributed by atoms with E-state index in [2.05, 4.69) is 24.9 Å². The lowest BCUT2D eigenvalue weighted by Crippen LogP contribution is -2.01. The van der Waals surface area contributed by atoms with Gasteiger partial charge in [0.15, 0.2) is 0 Å². The van der Waals surface area contributed by atoms with Gasteiger partial charge in [0, 0.05) is 4.88 Å². The van der Waals surface area contributed by atoms with Crippen molar-refractivity contribution in [1.29, 1.82) is 5.26 Å². The summed E-state index contributed by atoms with van der Waals surface area (Å²) in [4.78, 5) is 5.90. The van der Waals surface area contributed by atoms with Gasteiger partial charge in [-0.25, -0.2) is 4.98 Å². The SMILES string of the molecule is CCCc1nc(C2(C#N)CC2)sc1C. The van der Waals surface area contributed by atoms with Crippen molar-refractivity contribution in [2.75, 3.05) is 0 Å². The molecular formula is C11H14N2S. The summed E-state index contributed by atoms with van der Waals surface area (Å²) < 4.78 is 0. The van der Waals surface area contributed by atoms with Gasteiger partial charge in [0.1, 0.15) is 10.4 Å². The van der Waals surface area contributed by atoms with Crippen molar-refractivity contribution in [3.05, 3.63) is 15.6 Å². The van der Waals surface area contributed by atoms with Crippen LogP contribution in [0.1, 0.15) is 41.8 Å². The monoisotopic (exact) mass is 206 g/mol. The first-order chi connectivity index (χ1) is 6.72. The summed E-state index contributed by atoms with van der Waals surface area (Å²) in [5.41, 5.74) is 1.01.